The first kappa shape index (κ1) is 15.9. The van der Waals surface area contributed by atoms with Crippen molar-refractivity contribution in [3.8, 4) is 0 Å². The van der Waals surface area contributed by atoms with Crippen molar-refractivity contribution >= 4 is 16.9 Å². The Morgan fingerprint density at radius 3 is 2.62 bits per heavy atom. The topological polar surface area (TPSA) is 79.5 Å². The molecule has 3 rings (SSSR count). The van der Waals surface area contributed by atoms with Gasteiger partial charge in [0.25, 0.3) is 5.91 Å². The molecular weight excluding hydrogens is 313 g/mol. The molecule has 2 N–H and O–H groups in total. The third kappa shape index (κ3) is 3.33. The second-order valence-corrected chi connectivity index (χ2v) is 5.26. The number of carbonyl (C=O) groups excluding carboxylic acids is 1. The number of rotatable bonds is 4. The third-order valence-electron chi connectivity index (χ3n) is 3.60. The maximum absolute atomic E-state index is 12.9. The van der Waals surface area contributed by atoms with E-state index in [0.29, 0.717) is 16.5 Å². The molecule has 0 fully saturated rings. The van der Waals surface area contributed by atoms with Crippen molar-refractivity contribution in [1.82, 2.24) is 5.32 Å². The highest BCUT2D eigenvalue weighted by Crippen LogP contribution is 2.14. The Balaban J connectivity index is 1.74. The maximum atomic E-state index is 12.9. The zero-order chi connectivity index (χ0) is 17.1. The predicted octanol–water partition coefficient (Wildman–Crippen LogP) is 2.40. The molecule has 122 valence electrons. The molecule has 1 aromatic heterocycles. The number of para-hydroxylation sites is 1. The van der Waals surface area contributed by atoms with E-state index < -0.39 is 23.5 Å². The second kappa shape index (κ2) is 6.64. The monoisotopic (exact) mass is 327 g/mol. The van der Waals surface area contributed by atoms with Crippen LogP contribution in [0.1, 0.15) is 22.0 Å². The van der Waals surface area contributed by atoms with Crippen LogP contribution in [0.5, 0.6) is 0 Å². The van der Waals surface area contributed by atoms with Crippen molar-refractivity contribution < 1.29 is 18.7 Å². The van der Waals surface area contributed by atoms with E-state index in [1.807, 2.05) is 0 Å². The van der Waals surface area contributed by atoms with Gasteiger partial charge in [0.2, 0.25) is 0 Å². The zero-order valence-electron chi connectivity index (χ0n) is 12.5. The van der Waals surface area contributed by atoms with Crippen molar-refractivity contribution in [2.75, 3.05) is 6.54 Å². The minimum absolute atomic E-state index is 0.114. The lowest BCUT2D eigenvalue weighted by Crippen LogP contribution is -2.31. The Morgan fingerprint density at radius 2 is 1.88 bits per heavy atom. The quantitative estimate of drug-likeness (QED) is 0.721. The van der Waals surface area contributed by atoms with Crippen LogP contribution in [0, 0.1) is 5.82 Å². The van der Waals surface area contributed by atoms with E-state index in [1.165, 1.54) is 30.3 Å². The fourth-order valence-electron chi connectivity index (χ4n) is 2.31. The van der Waals surface area contributed by atoms with Crippen molar-refractivity contribution in [3.05, 3.63) is 82.0 Å². The molecule has 0 aliphatic rings. The molecule has 1 heterocycles. The van der Waals surface area contributed by atoms with Gasteiger partial charge >= 0.3 is 5.63 Å². The lowest BCUT2D eigenvalue weighted by molar-refractivity contribution is 0.0912. The van der Waals surface area contributed by atoms with Crippen LogP contribution in [0.3, 0.4) is 0 Å². The fourth-order valence-corrected chi connectivity index (χ4v) is 2.31. The summed E-state index contributed by atoms with van der Waals surface area (Å²) in [7, 11) is 0. The van der Waals surface area contributed by atoms with Crippen LogP contribution in [-0.4, -0.2) is 17.6 Å². The Kier molecular flexibility index (Phi) is 4.39. The first-order chi connectivity index (χ1) is 11.5. The summed E-state index contributed by atoms with van der Waals surface area (Å²) in [5, 5.41) is 13.1. The van der Waals surface area contributed by atoms with E-state index >= 15 is 0 Å². The summed E-state index contributed by atoms with van der Waals surface area (Å²) >= 11 is 0. The summed E-state index contributed by atoms with van der Waals surface area (Å²) in [6, 6.07) is 13.6. The van der Waals surface area contributed by atoms with Gasteiger partial charge in [-0.2, -0.15) is 0 Å². The van der Waals surface area contributed by atoms with Gasteiger partial charge in [-0.25, -0.2) is 9.18 Å². The molecule has 0 saturated carbocycles. The molecule has 6 heteroatoms. The van der Waals surface area contributed by atoms with Crippen LogP contribution in [0.25, 0.3) is 11.0 Å². The molecule has 5 nitrogen and oxygen atoms in total. The molecule has 2 aromatic carbocycles. The van der Waals surface area contributed by atoms with Crippen molar-refractivity contribution in [2.45, 2.75) is 6.10 Å². The maximum Gasteiger partial charge on any atom is 0.349 e. The highest BCUT2D eigenvalue weighted by atomic mass is 19.1. The first-order valence-corrected chi connectivity index (χ1v) is 7.29. The molecular formula is C18H14FNO4. The van der Waals surface area contributed by atoms with Crippen LogP contribution < -0.4 is 10.9 Å². The van der Waals surface area contributed by atoms with E-state index in [9.17, 15) is 19.1 Å². The molecule has 0 aliphatic carbocycles. The minimum atomic E-state index is -1.01. The Hall–Kier alpha value is -2.99. The van der Waals surface area contributed by atoms with Crippen LogP contribution in [0.15, 0.2) is 63.8 Å². The van der Waals surface area contributed by atoms with Crippen molar-refractivity contribution in [2.24, 2.45) is 0 Å². The Morgan fingerprint density at radius 1 is 1.17 bits per heavy atom. The molecule has 3 aromatic rings. The largest absolute Gasteiger partial charge is 0.422 e. The van der Waals surface area contributed by atoms with E-state index in [-0.39, 0.29) is 12.1 Å². The van der Waals surface area contributed by atoms with Gasteiger partial charge in [0.05, 0.1) is 6.10 Å². The second-order valence-electron chi connectivity index (χ2n) is 5.26. The van der Waals surface area contributed by atoms with E-state index in [2.05, 4.69) is 5.32 Å². The SMILES string of the molecule is O=C(NCC(O)c1ccc(F)cc1)c1cc2ccccc2oc1=O. The standard InChI is InChI=1S/C18H14FNO4/c19-13-7-5-11(6-8-13)15(21)10-20-17(22)14-9-12-3-1-2-4-16(12)24-18(14)23/h1-9,15,21H,10H2,(H,20,22). The lowest BCUT2D eigenvalue weighted by atomic mass is 10.1. The predicted molar refractivity (Wildman–Crippen MR) is 86.2 cm³/mol. The van der Waals surface area contributed by atoms with Gasteiger partial charge in [0, 0.05) is 11.9 Å². The number of carbonyl (C=O) groups is 1. The molecule has 1 amide bonds. The van der Waals surface area contributed by atoms with Gasteiger partial charge in [-0.1, -0.05) is 30.3 Å². The van der Waals surface area contributed by atoms with Crippen LogP contribution in [0.2, 0.25) is 0 Å². The third-order valence-corrected chi connectivity index (χ3v) is 3.60. The van der Waals surface area contributed by atoms with Gasteiger partial charge in [0.15, 0.2) is 0 Å². The summed E-state index contributed by atoms with van der Waals surface area (Å²) in [5.41, 5.74) is -0.0323. The number of hydrogen-bond donors (Lipinski definition) is 2. The normalized spacial score (nSPS) is 12.1. The summed E-state index contributed by atoms with van der Waals surface area (Å²) in [6.07, 6.45) is -1.01. The molecule has 0 spiro atoms. The van der Waals surface area contributed by atoms with Crippen LogP contribution in [0.4, 0.5) is 4.39 Å². The number of benzene rings is 2. The van der Waals surface area contributed by atoms with Gasteiger partial charge < -0.3 is 14.8 Å². The van der Waals surface area contributed by atoms with Gasteiger partial charge in [-0.15, -0.1) is 0 Å². The average Bonchev–Trinajstić information content (AvgIpc) is 2.59. The minimum Gasteiger partial charge on any atom is -0.422 e. The number of aliphatic hydroxyl groups is 1. The van der Waals surface area contributed by atoms with E-state index in [4.69, 9.17) is 4.42 Å². The zero-order valence-corrected chi connectivity index (χ0v) is 12.5. The average molecular weight is 327 g/mol. The summed E-state index contributed by atoms with van der Waals surface area (Å²) in [4.78, 5) is 24.1. The number of aliphatic hydroxyl groups excluding tert-OH is 1. The van der Waals surface area contributed by atoms with Gasteiger partial charge in [-0.05, 0) is 29.8 Å². The molecule has 24 heavy (non-hydrogen) atoms. The number of halogens is 1. The Labute approximate surface area is 136 Å². The number of nitrogens with one attached hydrogen (secondary N) is 1. The number of fused-ring (bicyclic) bond motifs is 1. The molecule has 0 bridgehead atoms. The molecule has 0 aliphatic heterocycles. The van der Waals surface area contributed by atoms with Gasteiger partial charge in [0.1, 0.15) is 17.0 Å². The summed E-state index contributed by atoms with van der Waals surface area (Å²) < 4.78 is 18.0. The highest BCUT2D eigenvalue weighted by molar-refractivity contribution is 5.96. The number of hydrogen-bond acceptors (Lipinski definition) is 4. The molecule has 1 atom stereocenters. The van der Waals surface area contributed by atoms with Crippen molar-refractivity contribution in [3.63, 3.8) is 0 Å². The molecule has 0 saturated heterocycles. The molecule has 0 radical (unpaired) electrons. The van der Waals surface area contributed by atoms with Crippen molar-refractivity contribution in [1.29, 1.82) is 0 Å². The smallest absolute Gasteiger partial charge is 0.349 e. The highest BCUT2D eigenvalue weighted by Gasteiger charge is 2.15. The van der Waals surface area contributed by atoms with E-state index in [0.717, 1.165) is 0 Å². The lowest BCUT2D eigenvalue weighted by Gasteiger charge is -2.12. The summed E-state index contributed by atoms with van der Waals surface area (Å²) in [5.74, 6) is -1.06. The number of amides is 1. The van der Waals surface area contributed by atoms with E-state index in [1.54, 1.807) is 24.3 Å². The first-order valence-electron chi connectivity index (χ1n) is 7.29. The Bertz CT molecular complexity index is 934. The van der Waals surface area contributed by atoms with Gasteiger partial charge in [-0.3, -0.25) is 4.79 Å². The fraction of sp³-hybridized carbons (Fsp3) is 0.111. The summed E-state index contributed by atoms with van der Waals surface area (Å²) in [6.45, 7) is -0.114. The van der Waals surface area contributed by atoms with Crippen LogP contribution in [-0.2, 0) is 0 Å². The molecule has 1 unspecified atom stereocenters. The van der Waals surface area contributed by atoms with Crippen LogP contribution >= 0.6 is 0 Å².